The van der Waals surface area contributed by atoms with Gasteiger partial charge in [0.25, 0.3) is 11.8 Å². The Bertz CT molecular complexity index is 855. The molecule has 1 aliphatic heterocycles. The van der Waals surface area contributed by atoms with Crippen LogP contribution in [0.3, 0.4) is 0 Å². The van der Waals surface area contributed by atoms with Crippen LogP contribution in [-0.2, 0) is 0 Å². The number of benzene rings is 1. The zero-order chi connectivity index (χ0) is 18.5. The molecule has 2 amide bonds. The summed E-state index contributed by atoms with van der Waals surface area (Å²) in [6.45, 7) is 3.63. The van der Waals surface area contributed by atoms with E-state index < -0.39 is 5.91 Å². The van der Waals surface area contributed by atoms with Crippen LogP contribution in [0, 0.1) is 17.2 Å². The second-order valence-corrected chi connectivity index (χ2v) is 6.57. The molecule has 1 fully saturated rings. The van der Waals surface area contributed by atoms with Crippen molar-refractivity contribution in [2.75, 3.05) is 18.4 Å². The molecule has 2 aromatic rings. The van der Waals surface area contributed by atoms with Crippen molar-refractivity contribution >= 4 is 17.5 Å². The molecule has 1 aromatic carbocycles. The van der Waals surface area contributed by atoms with Gasteiger partial charge < -0.3 is 10.2 Å². The lowest BCUT2D eigenvalue weighted by Gasteiger charge is -2.31. The van der Waals surface area contributed by atoms with Crippen LogP contribution < -0.4 is 5.32 Å². The number of likely N-dealkylation sites (tertiary alicyclic amines) is 1. The highest BCUT2D eigenvalue weighted by atomic mass is 16.2. The van der Waals surface area contributed by atoms with Crippen molar-refractivity contribution in [3.63, 3.8) is 0 Å². The molecule has 1 aromatic heterocycles. The summed E-state index contributed by atoms with van der Waals surface area (Å²) in [7, 11) is 0. The molecule has 0 spiro atoms. The number of aromatic nitrogens is 1. The van der Waals surface area contributed by atoms with Gasteiger partial charge in [-0.05, 0) is 55.2 Å². The van der Waals surface area contributed by atoms with E-state index in [1.807, 2.05) is 11.0 Å². The molecule has 132 valence electrons. The number of carbonyl (C=O) groups excluding carboxylic acids is 2. The first kappa shape index (κ1) is 17.6. The number of piperidine rings is 1. The fourth-order valence-electron chi connectivity index (χ4n) is 3.07. The highest BCUT2D eigenvalue weighted by Gasteiger charge is 2.22. The fourth-order valence-corrected chi connectivity index (χ4v) is 3.07. The molecular formula is C20H20N4O2. The predicted molar refractivity (Wildman–Crippen MR) is 97.6 cm³/mol. The standard InChI is InChI=1S/C20H20N4O2/c1-14-3-2-10-24(13-14)20(26)16-8-9-22-18(11-16)19(25)23-17-6-4-15(12-21)5-7-17/h4-9,11,14H,2-3,10,13H2,1H3,(H,23,25). The molecule has 3 rings (SSSR count). The molecule has 0 bridgehead atoms. The van der Waals surface area contributed by atoms with Gasteiger partial charge in [-0.1, -0.05) is 6.92 Å². The number of nitrogens with zero attached hydrogens (tertiary/aromatic N) is 3. The van der Waals surface area contributed by atoms with Crippen LogP contribution in [-0.4, -0.2) is 34.8 Å². The number of hydrogen-bond acceptors (Lipinski definition) is 4. The molecular weight excluding hydrogens is 328 g/mol. The summed E-state index contributed by atoms with van der Waals surface area (Å²) >= 11 is 0. The summed E-state index contributed by atoms with van der Waals surface area (Å²) in [5.41, 5.74) is 1.74. The molecule has 1 atom stereocenters. The minimum Gasteiger partial charge on any atom is -0.338 e. The normalized spacial score (nSPS) is 16.6. The summed E-state index contributed by atoms with van der Waals surface area (Å²) in [4.78, 5) is 31.0. The Balaban J connectivity index is 1.72. The molecule has 1 saturated heterocycles. The lowest BCUT2D eigenvalue weighted by molar-refractivity contribution is 0.0683. The highest BCUT2D eigenvalue weighted by molar-refractivity contribution is 6.04. The van der Waals surface area contributed by atoms with Gasteiger partial charge in [-0.2, -0.15) is 5.26 Å². The van der Waals surface area contributed by atoms with Crippen LogP contribution in [0.25, 0.3) is 0 Å². The molecule has 6 nitrogen and oxygen atoms in total. The molecule has 0 saturated carbocycles. The van der Waals surface area contributed by atoms with E-state index in [0.29, 0.717) is 22.7 Å². The largest absolute Gasteiger partial charge is 0.338 e. The van der Waals surface area contributed by atoms with Crippen molar-refractivity contribution in [1.29, 1.82) is 5.26 Å². The lowest BCUT2D eigenvalue weighted by atomic mass is 9.99. The minimum absolute atomic E-state index is 0.0635. The van der Waals surface area contributed by atoms with E-state index in [1.54, 1.807) is 30.3 Å². The van der Waals surface area contributed by atoms with Crippen molar-refractivity contribution in [2.45, 2.75) is 19.8 Å². The van der Waals surface area contributed by atoms with Gasteiger partial charge in [0.15, 0.2) is 0 Å². The van der Waals surface area contributed by atoms with E-state index >= 15 is 0 Å². The number of nitrogens with one attached hydrogen (secondary N) is 1. The Morgan fingerprint density at radius 3 is 2.73 bits per heavy atom. The van der Waals surface area contributed by atoms with Crippen molar-refractivity contribution in [3.8, 4) is 6.07 Å². The summed E-state index contributed by atoms with van der Waals surface area (Å²) in [6.07, 6.45) is 3.62. The first-order valence-electron chi connectivity index (χ1n) is 8.63. The van der Waals surface area contributed by atoms with E-state index in [0.717, 1.165) is 25.9 Å². The quantitative estimate of drug-likeness (QED) is 0.923. The average Bonchev–Trinajstić information content (AvgIpc) is 2.68. The molecule has 6 heteroatoms. The topological polar surface area (TPSA) is 86.1 Å². The van der Waals surface area contributed by atoms with E-state index in [4.69, 9.17) is 5.26 Å². The van der Waals surface area contributed by atoms with E-state index in [1.165, 1.54) is 12.3 Å². The Hall–Kier alpha value is -3.20. The zero-order valence-electron chi connectivity index (χ0n) is 14.6. The van der Waals surface area contributed by atoms with Gasteiger partial charge in [-0.3, -0.25) is 14.6 Å². The third kappa shape index (κ3) is 4.06. The SMILES string of the molecule is CC1CCCN(C(=O)c2ccnc(C(=O)Nc3ccc(C#N)cc3)c2)C1. The van der Waals surface area contributed by atoms with Crippen LogP contribution in [0.15, 0.2) is 42.6 Å². The van der Waals surface area contributed by atoms with Crippen molar-refractivity contribution in [1.82, 2.24) is 9.88 Å². The Morgan fingerprint density at radius 1 is 1.27 bits per heavy atom. The minimum atomic E-state index is -0.392. The molecule has 2 heterocycles. The number of carbonyl (C=O) groups is 2. The summed E-state index contributed by atoms with van der Waals surface area (Å²) in [6, 6.07) is 11.8. The molecule has 26 heavy (non-hydrogen) atoms. The maximum Gasteiger partial charge on any atom is 0.274 e. The molecule has 0 aliphatic carbocycles. The van der Waals surface area contributed by atoms with Gasteiger partial charge in [0.2, 0.25) is 0 Å². The van der Waals surface area contributed by atoms with Gasteiger partial charge >= 0.3 is 0 Å². The summed E-state index contributed by atoms with van der Waals surface area (Å²) in [5, 5.41) is 11.5. The smallest absolute Gasteiger partial charge is 0.274 e. The molecule has 0 radical (unpaired) electrons. The second-order valence-electron chi connectivity index (χ2n) is 6.57. The Labute approximate surface area is 152 Å². The Kier molecular flexibility index (Phi) is 5.28. The fraction of sp³-hybridized carbons (Fsp3) is 0.300. The molecule has 1 N–H and O–H groups in total. The van der Waals surface area contributed by atoms with Crippen molar-refractivity contribution in [2.24, 2.45) is 5.92 Å². The third-order valence-corrected chi connectivity index (χ3v) is 4.46. The zero-order valence-corrected chi connectivity index (χ0v) is 14.6. The predicted octanol–water partition coefficient (Wildman–Crippen LogP) is 3.08. The first-order chi connectivity index (χ1) is 12.6. The van der Waals surface area contributed by atoms with Crippen LogP contribution in [0.5, 0.6) is 0 Å². The van der Waals surface area contributed by atoms with Crippen LogP contribution in [0.1, 0.15) is 46.2 Å². The monoisotopic (exact) mass is 348 g/mol. The number of hydrogen-bond donors (Lipinski definition) is 1. The first-order valence-corrected chi connectivity index (χ1v) is 8.63. The van der Waals surface area contributed by atoms with Gasteiger partial charge in [-0.15, -0.1) is 0 Å². The van der Waals surface area contributed by atoms with Gasteiger partial charge in [-0.25, -0.2) is 0 Å². The maximum absolute atomic E-state index is 12.7. The third-order valence-electron chi connectivity index (χ3n) is 4.46. The number of pyridine rings is 1. The van der Waals surface area contributed by atoms with Crippen LogP contribution >= 0.6 is 0 Å². The number of amides is 2. The highest BCUT2D eigenvalue weighted by Crippen LogP contribution is 2.18. The summed E-state index contributed by atoms with van der Waals surface area (Å²) < 4.78 is 0. The summed E-state index contributed by atoms with van der Waals surface area (Å²) in [5.74, 6) is 0.0384. The number of rotatable bonds is 3. The van der Waals surface area contributed by atoms with E-state index in [-0.39, 0.29) is 11.6 Å². The number of anilines is 1. The lowest BCUT2D eigenvalue weighted by Crippen LogP contribution is -2.39. The van der Waals surface area contributed by atoms with Gasteiger partial charge in [0.05, 0.1) is 11.6 Å². The van der Waals surface area contributed by atoms with Crippen LogP contribution in [0.2, 0.25) is 0 Å². The maximum atomic E-state index is 12.7. The molecule has 1 aliphatic rings. The van der Waals surface area contributed by atoms with Crippen molar-refractivity contribution < 1.29 is 9.59 Å². The van der Waals surface area contributed by atoms with Gasteiger partial charge in [0, 0.05) is 30.5 Å². The van der Waals surface area contributed by atoms with Crippen LogP contribution in [0.4, 0.5) is 5.69 Å². The van der Waals surface area contributed by atoms with Gasteiger partial charge in [0.1, 0.15) is 5.69 Å². The second kappa shape index (κ2) is 7.79. The average molecular weight is 348 g/mol. The Morgan fingerprint density at radius 2 is 2.04 bits per heavy atom. The van der Waals surface area contributed by atoms with Crippen molar-refractivity contribution in [3.05, 3.63) is 59.4 Å². The molecule has 1 unspecified atom stereocenters. The number of nitriles is 1. The van der Waals surface area contributed by atoms with E-state index in [2.05, 4.69) is 17.2 Å². The van der Waals surface area contributed by atoms with E-state index in [9.17, 15) is 9.59 Å².